The molecule has 0 bridgehead atoms. The van der Waals surface area contributed by atoms with E-state index in [0.717, 1.165) is 32.4 Å². The van der Waals surface area contributed by atoms with E-state index in [1.54, 1.807) is 8.61 Å². The van der Waals surface area contributed by atoms with Gasteiger partial charge in [0.2, 0.25) is 0 Å². The molecule has 3 heterocycles. The van der Waals surface area contributed by atoms with Crippen molar-refractivity contribution < 1.29 is 13.2 Å². The standard InChI is InChI=1S/C13H26N4O3S/c14-12-1-4-15(5-2-12)13-3-6-17(11-13)21(18,19)16-7-9-20-10-8-16/h12-13H,1-11,14H2. The summed E-state index contributed by atoms with van der Waals surface area (Å²) in [6, 6.07) is 0.671. The maximum absolute atomic E-state index is 12.6. The Balaban J connectivity index is 1.58. The topological polar surface area (TPSA) is 79.1 Å². The van der Waals surface area contributed by atoms with Crippen LogP contribution in [0.2, 0.25) is 0 Å². The van der Waals surface area contributed by atoms with Gasteiger partial charge in [-0.25, -0.2) is 0 Å². The highest BCUT2D eigenvalue weighted by Crippen LogP contribution is 2.23. The number of ether oxygens (including phenoxy) is 1. The van der Waals surface area contributed by atoms with Gasteiger partial charge in [0.25, 0.3) is 10.2 Å². The molecule has 0 aromatic carbocycles. The summed E-state index contributed by atoms with van der Waals surface area (Å²) < 4.78 is 33.7. The molecule has 122 valence electrons. The number of piperidine rings is 1. The van der Waals surface area contributed by atoms with Crippen molar-refractivity contribution in [2.45, 2.75) is 31.3 Å². The zero-order valence-electron chi connectivity index (χ0n) is 12.5. The van der Waals surface area contributed by atoms with Gasteiger partial charge in [-0.1, -0.05) is 0 Å². The average molecular weight is 318 g/mol. The van der Waals surface area contributed by atoms with E-state index in [0.29, 0.717) is 51.5 Å². The van der Waals surface area contributed by atoms with Gasteiger partial charge in [0.05, 0.1) is 13.2 Å². The molecular formula is C13H26N4O3S. The molecule has 3 aliphatic rings. The van der Waals surface area contributed by atoms with Crippen LogP contribution in [-0.2, 0) is 14.9 Å². The molecule has 7 nitrogen and oxygen atoms in total. The molecule has 0 amide bonds. The molecule has 0 spiro atoms. The van der Waals surface area contributed by atoms with Crippen LogP contribution in [0.3, 0.4) is 0 Å². The third-order valence-corrected chi connectivity index (χ3v) is 6.84. The maximum atomic E-state index is 12.6. The molecule has 0 aromatic rings. The van der Waals surface area contributed by atoms with Crippen LogP contribution in [0.15, 0.2) is 0 Å². The first kappa shape index (κ1) is 15.6. The Kier molecular flexibility index (Phi) is 4.82. The molecule has 0 radical (unpaired) electrons. The van der Waals surface area contributed by atoms with E-state index in [1.165, 1.54) is 0 Å². The monoisotopic (exact) mass is 318 g/mol. The highest BCUT2D eigenvalue weighted by Gasteiger charge is 2.38. The molecule has 3 saturated heterocycles. The summed E-state index contributed by atoms with van der Waals surface area (Å²) in [7, 11) is -3.31. The number of likely N-dealkylation sites (tertiary alicyclic amines) is 1. The van der Waals surface area contributed by atoms with Gasteiger partial charge in [0, 0.05) is 38.3 Å². The van der Waals surface area contributed by atoms with Gasteiger partial charge < -0.3 is 10.5 Å². The number of nitrogens with zero attached hydrogens (tertiary/aromatic N) is 3. The van der Waals surface area contributed by atoms with Crippen LogP contribution in [0.4, 0.5) is 0 Å². The van der Waals surface area contributed by atoms with E-state index < -0.39 is 10.2 Å². The summed E-state index contributed by atoms with van der Waals surface area (Å²) in [5.74, 6) is 0. The Morgan fingerprint density at radius 3 is 2.24 bits per heavy atom. The predicted octanol–water partition coefficient (Wildman–Crippen LogP) is -0.939. The third-order valence-electron chi connectivity index (χ3n) is 4.84. The fourth-order valence-corrected chi connectivity index (χ4v) is 5.08. The minimum absolute atomic E-state index is 0.316. The van der Waals surface area contributed by atoms with Crippen molar-refractivity contribution in [1.82, 2.24) is 13.5 Å². The van der Waals surface area contributed by atoms with Crippen LogP contribution in [-0.4, -0.2) is 86.5 Å². The van der Waals surface area contributed by atoms with E-state index >= 15 is 0 Å². The molecule has 1 atom stereocenters. The number of nitrogens with two attached hydrogens (primary N) is 1. The van der Waals surface area contributed by atoms with E-state index in [9.17, 15) is 8.42 Å². The van der Waals surface area contributed by atoms with E-state index in [1.807, 2.05) is 0 Å². The second kappa shape index (κ2) is 6.47. The second-order valence-corrected chi connectivity index (χ2v) is 8.12. The van der Waals surface area contributed by atoms with Gasteiger partial charge in [-0.05, 0) is 32.4 Å². The molecule has 1 unspecified atom stereocenters. The zero-order valence-corrected chi connectivity index (χ0v) is 13.3. The summed E-state index contributed by atoms with van der Waals surface area (Å²) in [6.45, 7) is 5.20. The minimum Gasteiger partial charge on any atom is -0.379 e. The molecule has 8 heteroatoms. The highest BCUT2D eigenvalue weighted by molar-refractivity contribution is 7.86. The third kappa shape index (κ3) is 3.40. The van der Waals surface area contributed by atoms with Gasteiger partial charge in [-0.15, -0.1) is 0 Å². The van der Waals surface area contributed by atoms with E-state index in [4.69, 9.17) is 10.5 Å². The number of morpholine rings is 1. The normalized spacial score (nSPS) is 31.8. The fourth-order valence-electron chi connectivity index (χ4n) is 3.44. The number of rotatable bonds is 3. The lowest BCUT2D eigenvalue weighted by atomic mass is 10.0. The van der Waals surface area contributed by atoms with Crippen molar-refractivity contribution in [2.24, 2.45) is 5.73 Å². The molecular weight excluding hydrogens is 292 g/mol. The fraction of sp³-hybridized carbons (Fsp3) is 1.00. The lowest BCUT2D eigenvalue weighted by Gasteiger charge is -2.35. The SMILES string of the molecule is NC1CCN(C2CCN(S(=O)(=O)N3CCOCC3)C2)CC1. The predicted molar refractivity (Wildman–Crippen MR) is 80.1 cm³/mol. The summed E-state index contributed by atoms with van der Waals surface area (Å²) in [5.41, 5.74) is 5.94. The maximum Gasteiger partial charge on any atom is 0.282 e. The molecule has 3 fully saturated rings. The van der Waals surface area contributed by atoms with Crippen molar-refractivity contribution in [1.29, 1.82) is 0 Å². The zero-order chi connectivity index (χ0) is 14.9. The first-order chi connectivity index (χ1) is 10.1. The van der Waals surface area contributed by atoms with Crippen LogP contribution >= 0.6 is 0 Å². The average Bonchev–Trinajstić information content (AvgIpc) is 2.99. The van der Waals surface area contributed by atoms with E-state index in [2.05, 4.69) is 4.90 Å². The van der Waals surface area contributed by atoms with Crippen LogP contribution in [0.5, 0.6) is 0 Å². The summed E-state index contributed by atoms with van der Waals surface area (Å²) in [5, 5.41) is 0. The first-order valence-corrected chi connectivity index (χ1v) is 9.29. The van der Waals surface area contributed by atoms with Crippen LogP contribution < -0.4 is 5.73 Å². The molecule has 0 aromatic heterocycles. The van der Waals surface area contributed by atoms with Crippen LogP contribution in [0, 0.1) is 0 Å². The number of hydrogen-bond donors (Lipinski definition) is 1. The second-order valence-electron chi connectivity index (χ2n) is 6.19. The molecule has 3 aliphatic heterocycles. The molecule has 3 rings (SSSR count). The Morgan fingerprint density at radius 1 is 0.905 bits per heavy atom. The van der Waals surface area contributed by atoms with Crippen molar-refractivity contribution in [2.75, 3.05) is 52.5 Å². The summed E-state index contributed by atoms with van der Waals surface area (Å²) in [6.07, 6.45) is 2.97. The lowest BCUT2D eigenvalue weighted by molar-refractivity contribution is 0.0703. The largest absolute Gasteiger partial charge is 0.379 e. The van der Waals surface area contributed by atoms with Crippen molar-refractivity contribution in [3.05, 3.63) is 0 Å². The van der Waals surface area contributed by atoms with Crippen LogP contribution in [0.1, 0.15) is 19.3 Å². The highest BCUT2D eigenvalue weighted by atomic mass is 32.2. The van der Waals surface area contributed by atoms with Crippen LogP contribution in [0.25, 0.3) is 0 Å². The first-order valence-electron chi connectivity index (χ1n) is 7.90. The Morgan fingerprint density at radius 2 is 1.57 bits per heavy atom. The molecule has 0 aliphatic carbocycles. The van der Waals surface area contributed by atoms with Gasteiger partial charge >= 0.3 is 0 Å². The van der Waals surface area contributed by atoms with Crippen molar-refractivity contribution >= 4 is 10.2 Å². The smallest absolute Gasteiger partial charge is 0.282 e. The number of hydrogen-bond acceptors (Lipinski definition) is 5. The lowest BCUT2D eigenvalue weighted by Crippen LogP contribution is -2.50. The van der Waals surface area contributed by atoms with Gasteiger partial charge in [0.15, 0.2) is 0 Å². The van der Waals surface area contributed by atoms with Crippen molar-refractivity contribution in [3.63, 3.8) is 0 Å². The minimum atomic E-state index is -3.31. The van der Waals surface area contributed by atoms with E-state index in [-0.39, 0.29) is 0 Å². The van der Waals surface area contributed by atoms with Gasteiger partial charge in [-0.3, -0.25) is 4.90 Å². The quantitative estimate of drug-likeness (QED) is 0.727. The Hall–Kier alpha value is -0.250. The summed E-state index contributed by atoms with van der Waals surface area (Å²) >= 11 is 0. The Labute approximate surface area is 127 Å². The molecule has 0 saturated carbocycles. The summed E-state index contributed by atoms with van der Waals surface area (Å²) in [4.78, 5) is 2.41. The molecule has 21 heavy (non-hydrogen) atoms. The Bertz CT molecular complexity index is 444. The van der Waals surface area contributed by atoms with Gasteiger partial charge in [-0.2, -0.15) is 17.0 Å². The van der Waals surface area contributed by atoms with Crippen molar-refractivity contribution in [3.8, 4) is 0 Å². The van der Waals surface area contributed by atoms with Gasteiger partial charge in [0.1, 0.15) is 0 Å². The molecule has 2 N–H and O–H groups in total.